The maximum absolute atomic E-state index is 12.0. The zero-order chi connectivity index (χ0) is 15.9. The number of aromatic nitrogens is 3. The van der Waals surface area contributed by atoms with E-state index in [1.165, 1.54) is 0 Å². The highest BCUT2D eigenvalue weighted by Crippen LogP contribution is 2.24. The van der Waals surface area contributed by atoms with Gasteiger partial charge in [0.25, 0.3) is 5.91 Å². The number of halogens is 1. The molecule has 8 nitrogen and oxygen atoms in total. The van der Waals surface area contributed by atoms with Crippen LogP contribution in [0.4, 0.5) is 4.79 Å². The number of carbonyl (C=O) groups is 2. The van der Waals surface area contributed by atoms with Crippen molar-refractivity contribution in [2.75, 3.05) is 6.54 Å². The quantitative estimate of drug-likeness (QED) is 0.729. The number of amides is 2. The van der Waals surface area contributed by atoms with Gasteiger partial charge in [-0.15, -0.1) is 11.3 Å². The predicted molar refractivity (Wildman–Crippen MR) is 80.1 cm³/mol. The maximum Gasteiger partial charge on any atom is 0.404 e. The van der Waals surface area contributed by atoms with Gasteiger partial charge in [-0.1, -0.05) is 11.6 Å². The second-order valence-corrected chi connectivity index (χ2v) is 5.80. The molecule has 0 saturated heterocycles. The number of carbonyl (C=O) groups excluding carboxylic acids is 1. The molecule has 2 heterocycles. The molecule has 2 aromatic heterocycles. The van der Waals surface area contributed by atoms with Gasteiger partial charge in [-0.3, -0.25) is 4.79 Å². The number of thiazole rings is 1. The number of carboxylic acid groups (broad SMARTS) is 1. The molecule has 0 aliphatic rings. The third-order valence-electron chi connectivity index (χ3n) is 2.52. The van der Waals surface area contributed by atoms with E-state index in [4.69, 9.17) is 16.7 Å². The fraction of sp³-hybridized carbons (Fsp3) is 0.250. The van der Waals surface area contributed by atoms with Crippen molar-refractivity contribution in [3.8, 4) is 0 Å². The Morgan fingerprint density at radius 3 is 2.86 bits per heavy atom. The Balaban J connectivity index is 1.92. The van der Waals surface area contributed by atoms with Crippen LogP contribution in [-0.2, 0) is 13.0 Å². The van der Waals surface area contributed by atoms with Crippen molar-refractivity contribution in [3.05, 3.63) is 39.1 Å². The molecule has 3 N–H and O–H groups in total. The van der Waals surface area contributed by atoms with Crippen molar-refractivity contribution in [2.24, 2.45) is 0 Å². The van der Waals surface area contributed by atoms with E-state index in [1.807, 2.05) is 0 Å². The standard InChI is InChI=1S/C12H12ClN5O3S/c13-10-9(17-8(22-10)3-5-14-12(20)21)11(19)15-6-7-2-1-4-16-18-7/h1-2,4,14H,3,5-6H2,(H,15,19)(H,20,21). The van der Waals surface area contributed by atoms with E-state index < -0.39 is 12.0 Å². The zero-order valence-corrected chi connectivity index (χ0v) is 12.8. The summed E-state index contributed by atoms with van der Waals surface area (Å²) in [6, 6.07) is 3.46. The molecule has 0 radical (unpaired) electrons. The van der Waals surface area contributed by atoms with Crippen LogP contribution in [0.5, 0.6) is 0 Å². The lowest BCUT2D eigenvalue weighted by Crippen LogP contribution is -2.24. The van der Waals surface area contributed by atoms with E-state index in [0.717, 1.165) is 11.3 Å². The van der Waals surface area contributed by atoms with Crippen molar-refractivity contribution < 1.29 is 14.7 Å². The highest BCUT2D eigenvalue weighted by molar-refractivity contribution is 7.16. The van der Waals surface area contributed by atoms with Crippen molar-refractivity contribution in [1.29, 1.82) is 0 Å². The highest BCUT2D eigenvalue weighted by Gasteiger charge is 2.16. The summed E-state index contributed by atoms with van der Waals surface area (Å²) < 4.78 is 0.266. The van der Waals surface area contributed by atoms with Crippen molar-refractivity contribution in [3.63, 3.8) is 0 Å². The van der Waals surface area contributed by atoms with E-state index in [0.29, 0.717) is 17.1 Å². The van der Waals surface area contributed by atoms with Gasteiger partial charge in [0.05, 0.1) is 17.2 Å². The fourth-order valence-corrected chi connectivity index (χ4v) is 2.73. The first-order valence-corrected chi connectivity index (χ1v) is 7.42. The SMILES string of the molecule is O=C(O)NCCc1nc(C(=O)NCc2cccnn2)c(Cl)s1. The van der Waals surface area contributed by atoms with Crippen molar-refractivity contribution >= 4 is 34.9 Å². The molecular formula is C12H12ClN5O3S. The summed E-state index contributed by atoms with van der Waals surface area (Å²) in [7, 11) is 0. The molecule has 2 amide bonds. The first-order valence-electron chi connectivity index (χ1n) is 6.23. The Labute approximate surface area is 134 Å². The zero-order valence-electron chi connectivity index (χ0n) is 11.2. The Hall–Kier alpha value is -2.26. The molecule has 0 aromatic carbocycles. The molecule has 10 heteroatoms. The van der Waals surface area contributed by atoms with Crippen LogP contribution in [0.2, 0.25) is 4.34 Å². The van der Waals surface area contributed by atoms with E-state index in [-0.39, 0.29) is 23.1 Å². The van der Waals surface area contributed by atoms with Gasteiger partial charge in [0.1, 0.15) is 4.34 Å². The van der Waals surface area contributed by atoms with E-state index in [1.54, 1.807) is 18.3 Å². The van der Waals surface area contributed by atoms with Crippen molar-refractivity contribution in [1.82, 2.24) is 25.8 Å². The van der Waals surface area contributed by atoms with E-state index in [9.17, 15) is 9.59 Å². The van der Waals surface area contributed by atoms with Crippen LogP contribution in [0, 0.1) is 0 Å². The van der Waals surface area contributed by atoms with Crippen LogP contribution >= 0.6 is 22.9 Å². The van der Waals surface area contributed by atoms with Crippen LogP contribution in [0.3, 0.4) is 0 Å². The molecule has 2 rings (SSSR count). The monoisotopic (exact) mass is 341 g/mol. The molecule has 0 bridgehead atoms. The van der Waals surface area contributed by atoms with Gasteiger partial charge in [0, 0.05) is 19.2 Å². The van der Waals surface area contributed by atoms with Crippen molar-refractivity contribution in [2.45, 2.75) is 13.0 Å². The molecule has 0 fully saturated rings. The van der Waals surface area contributed by atoms with Crippen LogP contribution in [0.25, 0.3) is 0 Å². The summed E-state index contributed by atoms with van der Waals surface area (Å²) in [5, 5.41) is 21.5. The van der Waals surface area contributed by atoms with Gasteiger partial charge < -0.3 is 15.7 Å². The molecule has 0 aliphatic heterocycles. The lowest BCUT2D eigenvalue weighted by atomic mass is 10.3. The van der Waals surface area contributed by atoms with Gasteiger partial charge in [-0.2, -0.15) is 10.2 Å². The number of nitrogens with zero attached hydrogens (tertiary/aromatic N) is 3. The lowest BCUT2D eigenvalue weighted by molar-refractivity contribution is 0.0946. The minimum absolute atomic E-state index is 0.126. The molecule has 0 unspecified atom stereocenters. The van der Waals surface area contributed by atoms with Crippen LogP contribution in [0.1, 0.15) is 21.2 Å². The lowest BCUT2D eigenvalue weighted by Gasteiger charge is -2.02. The second-order valence-electron chi connectivity index (χ2n) is 4.11. The largest absolute Gasteiger partial charge is 0.465 e. The average molecular weight is 342 g/mol. The molecule has 0 saturated carbocycles. The second kappa shape index (κ2) is 7.66. The Kier molecular flexibility index (Phi) is 5.61. The first kappa shape index (κ1) is 16.1. The Morgan fingerprint density at radius 2 is 2.18 bits per heavy atom. The molecular weight excluding hydrogens is 330 g/mol. The van der Waals surface area contributed by atoms with Gasteiger partial charge in [-0.05, 0) is 12.1 Å². The molecule has 0 aliphatic carbocycles. The van der Waals surface area contributed by atoms with Gasteiger partial charge in [-0.25, -0.2) is 9.78 Å². The maximum atomic E-state index is 12.0. The summed E-state index contributed by atoms with van der Waals surface area (Å²) >= 11 is 7.14. The van der Waals surface area contributed by atoms with Crippen LogP contribution < -0.4 is 10.6 Å². The summed E-state index contributed by atoms with van der Waals surface area (Å²) in [6.07, 6.45) is 0.804. The molecule has 116 valence electrons. The normalized spacial score (nSPS) is 10.2. The highest BCUT2D eigenvalue weighted by atomic mass is 35.5. The smallest absolute Gasteiger partial charge is 0.404 e. The number of rotatable bonds is 6. The topological polar surface area (TPSA) is 117 Å². The number of hydrogen-bond acceptors (Lipinski definition) is 6. The first-order chi connectivity index (χ1) is 10.6. The summed E-state index contributed by atoms with van der Waals surface area (Å²) in [5.74, 6) is -0.413. The number of nitrogens with one attached hydrogen (secondary N) is 2. The minimum Gasteiger partial charge on any atom is -0.465 e. The van der Waals surface area contributed by atoms with Gasteiger partial charge in [0.2, 0.25) is 0 Å². The molecule has 0 atom stereocenters. The van der Waals surface area contributed by atoms with Gasteiger partial charge in [0.15, 0.2) is 5.69 Å². The van der Waals surface area contributed by atoms with E-state index in [2.05, 4.69) is 25.8 Å². The fourth-order valence-electron chi connectivity index (χ4n) is 1.55. The van der Waals surface area contributed by atoms with Gasteiger partial charge >= 0.3 is 6.09 Å². The summed E-state index contributed by atoms with van der Waals surface area (Å²) in [6.45, 7) is 0.427. The van der Waals surface area contributed by atoms with E-state index >= 15 is 0 Å². The average Bonchev–Trinajstić information content (AvgIpc) is 2.86. The van der Waals surface area contributed by atoms with Crippen LogP contribution in [-0.4, -0.2) is 38.8 Å². The third-order valence-corrected chi connectivity index (χ3v) is 3.83. The molecule has 2 aromatic rings. The predicted octanol–water partition coefficient (Wildman–Crippen LogP) is 1.33. The molecule has 0 spiro atoms. The molecule has 22 heavy (non-hydrogen) atoms. The minimum atomic E-state index is -1.11. The Morgan fingerprint density at radius 1 is 1.36 bits per heavy atom. The summed E-state index contributed by atoms with van der Waals surface area (Å²) in [5.41, 5.74) is 0.744. The van der Waals surface area contributed by atoms with Crippen LogP contribution in [0.15, 0.2) is 18.3 Å². The Bertz CT molecular complexity index is 664. The number of hydrogen-bond donors (Lipinski definition) is 3. The third kappa shape index (κ3) is 4.64. The summed E-state index contributed by atoms with van der Waals surface area (Å²) in [4.78, 5) is 26.5.